The molecule has 0 saturated heterocycles. The molecule has 0 aliphatic heterocycles. The van der Waals surface area contributed by atoms with Crippen molar-refractivity contribution in [1.29, 1.82) is 0 Å². The molecular formula is C29H49N3O4. The van der Waals surface area contributed by atoms with Crippen molar-refractivity contribution in [2.45, 2.75) is 119 Å². The molecule has 1 aromatic rings. The molecule has 0 bridgehead atoms. The molecule has 0 aromatic heterocycles. The summed E-state index contributed by atoms with van der Waals surface area (Å²) in [4.78, 5) is 42.2. The summed E-state index contributed by atoms with van der Waals surface area (Å²) < 4.78 is 5.45. The van der Waals surface area contributed by atoms with Crippen molar-refractivity contribution in [2.75, 3.05) is 6.54 Å². The van der Waals surface area contributed by atoms with Crippen molar-refractivity contribution in [3.8, 4) is 0 Å². The molecule has 7 nitrogen and oxygen atoms in total. The van der Waals surface area contributed by atoms with Crippen LogP contribution in [0.2, 0.25) is 0 Å². The average molecular weight is 504 g/mol. The van der Waals surface area contributed by atoms with Gasteiger partial charge in [0.05, 0.1) is 0 Å². The molecule has 7 heteroatoms. The molecule has 0 saturated carbocycles. The maximum atomic E-state index is 14.1. The van der Waals surface area contributed by atoms with Crippen LogP contribution in [0.5, 0.6) is 0 Å². The normalized spacial score (nSPS) is 13.7. The van der Waals surface area contributed by atoms with Crippen LogP contribution in [0.4, 0.5) is 4.79 Å². The van der Waals surface area contributed by atoms with Gasteiger partial charge >= 0.3 is 6.09 Å². The zero-order valence-electron chi connectivity index (χ0n) is 24.4. The van der Waals surface area contributed by atoms with Crippen LogP contribution in [0.3, 0.4) is 0 Å². The Bertz CT molecular complexity index is 897. The average Bonchev–Trinajstić information content (AvgIpc) is 2.68. The Kier molecular flexibility index (Phi) is 11.5. The van der Waals surface area contributed by atoms with E-state index in [-0.39, 0.29) is 17.7 Å². The zero-order chi connectivity index (χ0) is 27.8. The number of aryl methyl sites for hydroxylation is 2. The number of carbonyl (C=O) groups excluding carboxylic acids is 3. The number of nitrogens with one attached hydrogen (secondary N) is 2. The highest BCUT2D eigenvalue weighted by molar-refractivity contribution is 5.92. The molecule has 0 fully saturated rings. The van der Waals surface area contributed by atoms with Gasteiger partial charge < -0.3 is 20.3 Å². The van der Waals surface area contributed by atoms with Gasteiger partial charge in [0.15, 0.2) is 0 Å². The van der Waals surface area contributed by atoms with Gasteiger partial charge in [-0.05, 0) is 85.3 Å². The highest BCUT2D eigenvalue weighted by atomic mass is 16.6. The number of benzene rings is 1. The number of carbonyl (C=O) groups is 3. The fourth-order valence-electron chi connectivity index (χ4n) is 4.06. The fraction of sp³-hybridized carbons (Fsp3) is 0.690. The second kappa shape index (κ2) is 13.1. The van der Waals surface area contributed by atoms with E-state index in [0.29, 0.717) is 13.0 Å². The van der Waals surface area contributed by atoms with Crippen LogP contribution >= 0.6 is 0 Å². The standard InChI is InChI=1S/C29H49N3O4/c1-12-13-16-32(26(34)23(17-19(2)3)30-27(35)36-29(9,10)11)24(25(33)31-28(6,7)8)22-15-14-20(4)18-21(22)5/h14-15,18-19,23-24H,12-13,16-17H2,1-11H3,(H,30,35)(H,31,33). The Hall–Kier alpha value is -2.57. The topological polar surface area (TPSA) is 87.7 Å². The number of amides is 3. The lowest BCUT2D eigenvalue weighted by Crippen LogP contribution is -2.55. The number of alkyl carbamates (subject to hydrolysis) is 1. The minimum absolute atomic E-state index is 0.143. The van der Waals surface area contributed by atoms with Gasteiger partial charge in [0.25, 0.3) is 0 Å². The Balaban J connectivity index is 3.57. The lowest BCUT2D eigenvalue weighted by atomic mass is 9.94. The molecule has 0 spiro atoms. The van der Waals surface area contributed by atoms with E-state index in [9.17, 15) is 14.4 Å². The van der Waals surface area contributed by atoms with Crippen LogP contribution in [0.15, 0.2) is 18.2 Å². The van der Waals surface area contributed by atoms with E-state index in [1.807, 2.05) is 66.7 Å². The van der Waals surface area contributed by atoms with Crippen molar-refractivity contribution in [2.24, 2.45) is 5.92 Å². The minimum Gasteiger partial charge on any atom is -0.444 e. The first-order chi connectivity index (χ1) is 16.4. The molecule has 204 valence electrons. The van der Waals surface area contributed by atoms with E-state index < -0.39 is 29.3 Å². The molecule has 1 rings (SSSR count). The summed E-state index contributed by atoms with van der Waals surface area (Å²) in [7, 11) is 0. The summed E-state index contributed by atoms with van der Waals surface area (Å²) in [5.41, 5.74) is 1.65. The monoisotopic (exact) mass is 503 g/mol. The summed E-state index contributed by atoms with van der Waals surface area (Å²) in [6.07, 6.45) is 1.38. The number of hydrogen-bond acceptors (Lipinski definition) is 4. The lowest BCUT2D eigenvalue weighted by molar-refractivity contribution is -0.143. The van der Waals surface area contributed by atoms with Crippen LogP contribution in [0, 0.1) is 19.8 Å². The summed E-state index contributed by atoms with van der Waals surface area (Å²) >= 11 is 0. The number of unbranched alkanes of at least 4 members (excludes halogenated alkanes) is 1. The van der Waals surface area contributed by atoms with Crippen LogP contribution in [0.25, 0.3) is 0 Å². The van der Waals surface area contributed by atoms with Gasteiger partial charge in [-0.15, -0.1) is 0 Å². The highest BCUT2D eigenvalue weighted by Crippen LogP contribution is 2.28. The van der Waals surface area contributed by atoms with Crippen molar-refractivity contribution in [3.63, 3.8) is 0 Å². The Morgan fingerprint density at radius 1 is 1.03 bits per heavy atom. The molecule has 36 heavy (non-hydrogen) atoms. The van der Waals surface area contributed by atoms with Crippen LogP contribution in [-0.2, 0) is 14.3 Å². The number of nitrogens with zero attached hydrogens (tertiary/aromatic N) is 1. The van der Waals surface area contributed by atoms with Gasteiger partial charge in [-0.1, -0.05) is 51.0 Å². The first kappa shape index (κ1) is 31.5. The number of hydrogen-bond donors (Lipinski definition) is 2. The van der Waals surface area contributed by atoms with Crippen molar-refractivity contribution < 1.29 is 19.1 Å². The summed E-state index contributed by atoms with van der Waals surface area (Å²) in [5.74, 6) is -0.374. The van der Waals surface area contributed by atoms with Crippen LogP contribution in [-0.4, -0.2) is 46.5 Å². The molecule has 2 N–H and O–H groups in total. The molecule has 2 unspecified atom stereocenters. The lowest BCUT2D eigenvalue weighted by Gasteiger charge is -2.37. The van der Waals surface area contributed by atoms with Crippen LogP contribution < -0.4 is 10.6 Å². The Labute approximate surface area is 218 Å². The molecule has 1 aromatic carbocycles. The molecule has 0 radical (unpaired) electrons. The molecule has 0 heterocycles. The van der Waals surface area contributed by atoms with E-state index >= 15 is 0 Å². The van der Waals surface area contributed by atoms with Gasteiger partial charge in [0, 0.05) is 12.1 Å². The van der Waals surface area contributed by atoms with Gasteiger partial charge in [-0.2, -0.15) is 0 Å². The van der Waals surface area contributed by atoms with Crippen molar-refractivity contribution >= 4 is 17.9 Å². The maximum Gasteiger partial charge on any atom is 0.408 e. The fourth-order valence-corrected chi connectivity index (χ4v) is 4.06. The van der Waals surface area contributed by atoms with E-state index in [0.717, 1.165) is 29.5 Å². The van der Waals surface area contributed by atoms with E-state index in [1.54, 1.807) is 25.7 Å². The molecular weight excluding hydrogens is 454 g/mol. The van der Waals surface area contributed by atoms with Crippen molar-refractivity contribution in [3.05, 3.63) is 34.9 Å². The quantitative estimate of drug-likeness (QED) is 0.421. The van der Waals surface area contributed by atoms with E-state index in [1.165, 1.54) is 0 Å². The third kappa shape index (κ3) is 10.6. The number of rotatable bonds is 10. The van der Waals surface area contributed by atoms with Crippen LogP contribution in [0.1, 0.15) is 104 Å². The second-order valence-electron chi connectivity index (χ2n) is 12.2. The predicted octanol–water partition coefficient (Wildman–Crippen LogP) is 5.83. The van der Waals surface area contributed by atoms with Gasteiger partial charge in [-0.25, -0.2) is 4.79 Å². The zero-order valence-corrected chi connectivity index (χ0v) is 24.4. The largest absolute Gasteiger partial charge is 0.444 e. The second-order valence-corrected chi connectivity index (χ2v) is 12.2. The number of ether oxygens (including phenoxy) is 1. The highest BCUT2D eigenvalue weighted by Gasteiger charge is 2.37. The molecule has 2 atom stereocenters. The first-order valence-corrected chi connectivity index (χ1v) is 13.1. The van der Waals surface area contributed by atoms with Gasteiger partial charge in [-0.3, -0.25) is 9.59 Å². The smallest absolute Gasteiger partial charge is 0.408 e. The van der Waals surface area contributed by atoms with Crippen molar-refractivity contribution in [1.82, 2.24) is 15.5 Å². The molecule has 0 aliphatic rings. The predicted molar refractivity (Wildman–Crippen MR) is 146 cm³/mol. The SMILES string of the molecule is CCCCN(C(=O)C(CC(C)C)NC(=O)OC(C)(C)C)C(C(=O)NC(C)(C)C)c1ccc(C)cc1C. The molecule has 3 amide bonds. The van der Waals surface area contributed by atoms with E-state index in [2.05, 4.69) is 17.6 Å². The third-order valence-corrected chi connectivity index (χ3v) is 5.51. The third-order valence-electron chi connectivity index (χ3n) is 5.51. The summed E-state index contributed by atoms with van der Waals surface area (Å²) in [6, 6.07) is 4.29. The van der Waals surface area contributed by atoms with Gasteiger partial charge in [0.1, 0.15) is 17.7 Å². The Morgan fingerprint density at radius 3 is 2.11 bits per heavy atom. The van der Waals surface area contributed by atoms with Gasteiger partial charge in [0.2, 0.25) is 11.8 Å². The minimum atomic E-state index is -0.820. The summed E-state index contributed by atoms with van der Waals surface area (Å²) in [6.45, 7) is 21.5. The summed E-state index contributed by atoms with van der Waals surface area (Å²) in [5, 5.41) is 5.87. The Morgan fingerprint density at radius 2 is 1.64 bits per heavy atom. The first-order valence-electron chi connectivity index (χ1n) is 13.1. The maximum absolute atomic E-state index is 14.1. The molecule has 0 aliphatic carbocycles. The van der Waals surface area contributed by atoms with E-state index in [4.69, 9.17) is 4.74 Å².